The zero-order valence-corrected chi connectivity index (χ0v) is 9.28. The molecule has 12 heavy (non-hydrogen) atoms. The first-order valence-electron chi connectivity index (χ1n) is 4.64. The first-order chi connectivity index (χ1) is 5.54. The molecule has 2 aliphatic carbocycles. The Bertz CT molecular complexity index is 238. The SMILES string of the molecule is C[C@@]12CC[C@@H](CC1=O)[C@@]2(C)CBr. The van der Waals surface area contributed by atoms with E-state index in [0.29, 0.717) is 11.7 Å². The first-order valence-corrected chi connectivity index (χ1v) is 5.76. The van der Waals surface area contributed by atoms with E-state index in [1.54, 1.807) is 0 Å². The van der Waals surface area contributed by atoms with Crippen molar-refractivity contribution in [3.63, 3.8) is 0 Å². The molecule has 2 bridgehead atoms. The van der Waals surface area contributed by atoms with Gasteiger partial charge in [-0.2, -0.15) is 0 Å². The second-order valence-electron chi connectivity index (χ2n) is 4.75. The van der Waals surface area contributed by atoms with Gasteiger partial charge >= 0.3 is 0 Å². The predicted octanol–water partition coefficient (Wildman–Crippen LogP) is 2.78. The van der Waals surface area contributed by atoms with Crippen LogP contribution in [-0.2, 0) is 4.79 Å². The van der Waals surface area contributed by atoms with Gasteiger partial charge in [0.25, 0.3) is 0 Å². The standard InChI is InChI=1S/C10H15BrO/c1-9-4-3-7(5-8(9)12)10(9,2)6-11/h7H,3-6H2,1-2H3/t7-,9+,10+/m0/s1. The maximum Gasteiger partial charge on any atom is 0.139 e. The van der Waals surface area contributed by atoms with Crippen molar-refractivity contribution in [2.45, 2.75) is 33.1 Å². The molecule has 3 atom stereocenters. The molecule has 0 N–H and O–H groups in total. The average Bonchev–Trinajstić information content (AvgIpc) is 2.39. The van der Waals surface area contributed by atoms with Crippen molar-refractivity contribution in [2.24, 2.45) is 16.7 Å². The van der Waals surface area contributed by atoms with Crippen LogP contribution in [0.1, 0.15) is 33.1 Å². The third-order valence-corrected chi connectivity index (χ3v) is 5.64. The fourth-order valence-electron chi connectivity index (χ4n) is 3.01. The molecular weight excluding hydrogens is 216 g/mol. The second kappa shape index (κ2) is 2.34. The van der Waals surface area contributed by atoms with E-state index in [1.807, 2.05) is 0 Å². The number of halogens is 1. The summed E-state index contributed by atoms with van der Waals surface area (Å²) in [5.74, 6) is 1.15. The van der Waals surface area contributed by atoms with Gasteiger partial charge in [0, 0.05) is 17.2 Å². The lowest BCUT2D eigenvalue weighted by Gasteiger charge is -2.34. The number of carbonyl (C=O) groups excluding carboxylic acids is 1. The minimum atomic E-state index is -0.0127. The molecule has 2 saturated carbocycles. The first kappa shape index (κ1) is 8.74. The van der Waals surface area contributed by atoms with Crippen molar-refractivity contribution >= 4 is 21.7 Å². The van der Waals surface area contributed by atoms with Crippen molar-refractivity contribution in [1.29, 1.82) is 0 Å². The lowest BCUT2D eigenvalue weighted by Crippen LogP contribution is -2.36. The third-order valence-electron chi connectivity index (χ3n) is 4.48. The highest BCUT2D eigenvalue weighted by atomic mass is 79.9. The normalized spacial score (nSPS) is 51.9. The molecule has 0 saturated heterocycles. The van der Waals surface area contributed by atoms with Crippen LogP contribution in [0.25, 0.3) is 0 Å². The average molecular weight is 231 g/mol. The van der Waals surface area contributed by atoms with Crippen molar-refractivity contribution in [1.82, 2.24) is 0 Å². The Labute approximate surface area is 82.0 Å². The van der Waals surface area contributed by atoms with Gasteiger partial charge in [0.05, 0.1) is 0 Å². The third kappa shape index (κ3) is 0.729. The minimum absolute atomic E-state index is 0.0127. The predicted molar refractivity (Wildman–Crippen MR) is 52.4 cm³/mol. The molecule has 0 aliphatic heterocycles. The molecule has 68 valence electrons. The van der Waals surface area contributed by atoms with E-state index in [4.69, 9.17) is 0 Å². The lowest BCUT2D eigenvalue weighted by molar-refractivity contribution is -0.128. The van der Waals surface area contributed by atoms with E-state index in [0.717, 1.165) is 18.2 Å². The molecule has 0 spiro atoms. The van der Waals surface area contributed by atoms with Crippen LogP contribution >= 0.6 is 15.9 Å². The molecule has 0 heterocycles. The summed E-state index contributed by atoms with van der Waals surface area (Å²) in [6.45, 7) is 4.42. The van der Waals surface area contributed by atoms with Crippen LogP contribution in [0.2, 0.25) is 0 Å². The molecule has 0 aromatic heterocycles. The zero-order chi connectivity index (χ0) is 8.98. The van der Waals surface area contributed by atoms with E-state index in [2.05, 4.69) is 29.8 Å². The summed E-state index contributed by atoms with van der Waals surface area (Å²) in [6.07, 6.45) is 3.20. The number of alkyl halides is 1. The van der Waals surface area contributed by atoms with Crippen LogP contribution in [-0.4, -0.2) is 11.1 Å². The van der Waals surface area contributed by atoms with Crippen LogP contribution in [0.5, 0.6) is 0 Å². The summed E-state index contributed by atoms with van der Waals surface area (Å²) < 4.78 is 0. The van der Waals surface area contributed by atoms with Gasteiger partial charge < -0.3 is 0 Å². The minimum Gasteiger partial charge on any atom is -0.299 e. The molecule has 0 radical (unpaired) electrons. The Morgan fingerprint density at radius 1 is 1.58 bits per heavy atom. The van der Waals surface area contributed by atoms with Gasteiger partial charge in [-0.05, 0) is 24.2 Å². The fraction of sp³-hybridized carbons (Fsp3) is 0.900. The van der Waals surface area contributed by atoms with Gasteiger partial charge in [0.15, 0.2) is 0 Å². The summed E-state index contributed by atoms with van der Waals surface area (Å²) >= 11 is 3.56. The number of ketones is 1. The Morgan fingerprint density at radius 3 is 2.50 bits per heavy atom. The molecule has 2 rings (SSSR count). The second-order valence-corrected chi connectivity index (χ2v) is 5.31. The van der Waals surface area contributed by atoms with Crippen LogP contribution in [0, 0.1) is 16.7 Å². The Hall–Kier alpha value is 0.150. The molecule has 0 unspecified atom stereocenters. The number of Topliss-reactive ketones (excluding diaryl/α,β-unsaturated/α-hetero) is 1. The van der Waals surface area contributed by atoms with E-state index in [1.165, 1.54) is 6.42 Å². The topological polar surface area (TPSA) is 17.1 Å². The van der Waals surface area contributed by atoms with Crippen molar-refractivity contribution in [2.75, 3.05) is 5.33 Å². The molecule has 0 aromatic carbocycles. The molecule has 0 amide bonds. The highest BCUT2D eigenvalue weighted by Crippen LogP contribution is 2.64. The Morgan fingerprint density at radius 2 is 2.25 bits per heavy atom. The maximum absolute atomic E-state index is 11.7. The number of fused-ring (bicyclic) bond motifs is 2. The molecule has 2 heteroatoms. The molecule has 0 aromatic rings. The van der Waals surface area contributed by atoms with Crippen molar-refractivity contribution < 1.29 is 4.79 Å². The van der Waals surface area contributed by atoms with Gasteiger partial charge in [0.2, 0.25) is 0 Å². The van der Waals surface area contributed by atoms with E-state index in [-0.39, 0.29) is 10.8 Å². The Balaban J connectivity index is 2.44. The summed E-state index contributed by atoms with van der Waals surface area (Å²) in [6, 6.07) is 0. The number of carbonyl (C=O) groups is 1. The van der Waals surface area contributed by atoms with E-state index < -0.39 is 0 Å². The van der Waals surface area contributed by atoms with Crippen LogP contribution in [0.3, 0.4) is 0 Å². The highest BCUT2D eigenvalue weighted by Gasteiger charge is 2.63. The number of hydrogen-bond acceptors (Lipinski definition) is 1. The van der Waals surface area contributed by atoms with Crippen LogP contribution in [0.15, 0.2) is 0 Å². The molecule has 1 nitrogen and oxygen atoms in total. The van der Waals surface area contributed by atoms with E-state index >= 15 is 0 Å². The van der Waals surface area contributed by atoms with Crippen LogP contribution < -0.4 is 0 Å². The van der Waals surface area contributed by atoms with Gasteiger partial charge in [0.1, 0.15) is 5.78 Å². The summed E-state index contributed by atoms with van der Waals surface area (Å²) in [5.41, 5.74) is 0.227. The van der Waals surface area contributed by atoms with Crippen molar-refractivity contribution in [3.8, 4) is 0 Å². The summed E-state index contributed by atoms with van der Waals surface area (Å²) in [4.78, 5) is 11.7. The molecular formula is C10H15BrO. The number of hydrogen-bond donors (Lipinski definition) is 0. The van der Waals surface area contributed by atoms with Gasteiger partial charge in [-0.15, -0.1) is 0 Å². The fourth-order valence-corrected chi connectivity index (χ4v) is 4.09. The molecule has 2 fully saturated rings. The zero-order valence-electron chi connectivity index (χ0n) is 7.69. The monoisotopic (exact) mass is 230 g/mol. The molecule has 2 aliphatic rings. The maximum atomic E-state index is 11.7. The number of rotatable bonds is 1. The van der Waals surface area contributed by atoms with Crippen molar-refractivity contribution in [3.05, 3.63) is 0 Å². The summed E-state index contributed by atoms with van der Waals surface area (Å²) in [7, 11) is 0. The largest absolute Gasteiger partial charge is 0.299 e. The van der Waals surface area contributed by atoms with Gasteiger partial charge in [-0.1, -0.05) is 29.8 Å². The summed E-state index contributed by atoms with van der Waals surface area (Å²) in [5, 5.41) is 0.979. The quantitative estimate of drug-likeness (QED) is 0.634. The van der Waals surface area contributed by atoms with E-state index in [9.17, 15) is 4.79 Å². The van der Waals surface area contributed by atoms with Crippen LogP contribution in [0.4, 0.5) is 0 Å². The Kier molecular flexibility index (Phi) is 1.70. The van der Waals surface area contributed by atoms with Gasteiger partial charge in [-0.3, -0.25) is 4.79 Å². The smallest absolute Gasteiger partial charge is 0.139 e. The highest BCUT2D eigenvalue weighted by molar-refractivity contribution is 9.09. The lowest BCUT2D eigenvalue weighted by atomic mass is 9.70. The van der Waals surface area contributed by atoms with Gasteiger partial charge in [-0.25, -0.2) is 0 Å².